The topological polar surface area (TPSA) is 94.1 Å². The van der Waals surface area contributed by atoms with Crippen molar-refractivity contribution in [2.24, 2.45) is 5.92 Å². The van der Waals surface area contributed by atoms with Crippen molar-refractivity contribution in [3.63, 3.8) is 0 Å². The van der Waals surface area contributed by atoms with Crippen LogP contribution in [0.4, 0.5) is 10.5 Å². The van der Waals surface area contributed by atoms with Gasteiger partial charge in [0.15, 0.2) is 11.5 Å². The van der Waals surface area contributed by atoms with Gasteiger partial charge in [0, 0.05) is 11.3 Å². The maximum atomic E-state index is 12.9. The van der Waals surface area contributed by atoms with Crippen LogP contribution in [0.1, 0.15) is 25.0 Å². The van der Waals surface area contributed by atoms with Gasteiger partial charge in [-0.05, 0) is 35.6 Å². The highest BCUT2D eigenvalue weighted by Gasteiger charge is 2.25. The fourth-order valence-electron chi connectivity index (χ4n) is 3.54. The summed E-state index contributed by atoms with van der Waals surface area (Å²) < 4.78 is 16.0. The molecule has 3 aromatic rings. The molecular weight excluding hydrogens is 442 g/mol. The van der Waals surface area contributed by atoms with Gasteiger partial charge in [-0.25, -0.2) is 4.79 Å². The van der Waals surface area contributed by atoms with Gasteiger partial charge in [-0.3, -0.25) is 10.1 Å². The Kier molecular flexibility index (Phi) is 8.43. The number of thiol groups is 1. The van der Waals surface area contributed by atoms with Gasteiger partial charge in [-0.15, -0.1) is 0 Å². The third-order valence-corrected chi connectivity index (χ3v) is 5.53. The van der Waals surface area contributed by atoms with Crippen molar-refractivity contribution in [1.29, 1.82) is 0 Å². The van der Waals surface area contributed by atoms with Crippen LogP contribution in [0.15, 0.2) is 60.7 Å². The van der Waals surface area contributed by atoms with E-state index >= 15 is 0 Å². The van der Waals surface area contributed by atoms with Crippen molar-refractivity contribution in [2.45, 2.75) is 19.4 Å². The van der Waals surface area contributed by atoms with E-state index in [1.807, 2.05) is 43.3 Å². The molecular formula is C25H27NO6S. The second-order valence-corrected chi connectivity index (χ2v) is 7.87. The zero-order chi connectivity index (χ0) is 23.8. The van der Waals surface area contributed by atoms with E-state index < -0.39 is 18.2 Å². The highest BCUT2D eigenvalue weighted by molar-refractivity contribution is 7.81. The van der Waals surface area contributed by atoms with Gasteiger partial charge in [-0.1, -0.05) is 49.4 Å². The number of phenolic OH excluding ortho intramolecular Hbond substituents is 1. The van der Waals surface area contributed by atoms with Crippen LogP contribution in [0.2, 0.25) is 0 Å². The maximum absolute atomic E-state index is 12.9. The number of anilines is 1. The summed E-state index contributed by atoms with van der Waals surface area (Å²) in [7, 11) is 1.46. The average molecular weight is 470 g/mol. The summed E-state index contributed by atoms with van der Waals surface area (Å²) in [6, 6.07) is 18.2. The first-order chi connectivity index (χ1) is 15.9. The molecule has 8 heteroatoms. The first-order valence-electron chi connectivity index (χ1n) is 10.5. The minimum atomic E-state index is -0.702. The molecule has 0 saturated carbocycles. The molecule has 2 atom stereocenters. The van der Waals surface area contributed by atoms with Gasteiger partial charge in [0.25, 0.3) is 0 Å². The molecule has 3 rings (SSSR count). The second-order valence-electron chi connectivity index (χ2n) is 7.55. The number of ether oxygens (including phenoxy) is 3. The molecule has 0 fully saturated rings. The number of methoxy groups -OCH3 is 1. The zero-order valence-corrected chi connectivity index (χ0v) is 19.4. The zero-order valence-electron chi connectivity index (χ0n) is 18.5. The summed E-state index contributed by atoms with van der Waals surface area (Å²) in [6.45, 7) is 2.04. The largest absolute Gasteiger partial charge is 0.504 e. The predicted molar refractivity (Wildman–Crippen MR) is 130 cm³/mol. The van der Waals surface area contributed by atoms with Crippen molar-refractivity contribution in [2.75, 3.05) is 24.8 Å². The monoisotopic (exact) mass is 469 g/mol. The summed E-state index contributed by atoms with van der Waals surface area (Å²) >= 11 is 3.89. The van der Waals surface area contributed by atoms with E-state index in [1.54, 1.807) is 18.2 Å². The van der Waals surface area contributed by atoms with Crippen LogP contribution >= 0.6 is 12.6 Å². The number of amides is 1. The molecule has 7 nitrogen and oxygen atoms in total. The third kappa shape index (κ3) is 6.32. The Bertz CT molecular complexity index is 1110. The molecule has 0 aliphatic heterocycles. The van der Waals surface area contributed by atoms with Gasteiger partial charge in [0.05, 0.1) is 25.2 Å². The van der Waals surface area contributed by atoms with E-state index in [2.05, 4.69) is 17.9 Å². The van der Waals surface area contributed by atoms with Crippen LogP contribution in [0.5, 0.6) is 11.5 Å². The third-order valence-electron chi connectivity index (χ3n) is 5.27. The van der Waals surface area contributed by atoms with E-state index in [-0.39, 0.29) is 24.0 Å². The molecule has 3 aromatic carbocycles. The van der Waals surface area contributed by atoms with Gasteiger partial charge >= 0.3 is 12.1 Å². The van der Waals surface area contributed by atoms with Crippen LogP contribution in [0, 0.1) is 5.92 Å². The van der Waals surface area contributed by atoms with Crippen LogP contribution < -0.4 is 10.1 Å². The fourth-order valence-corrected chi connectivity index (χ4v) is 3.63. The molecule has 0 unspecified atom stereocenters. The molecule has 0 radical (unpaired) electrons. The molecule has 33 heavy (non-hydrogen) atoms. The lowest BCUT2D eigenvalue weighted by atomic mass is 9.94. The Hall–Kier alpha value is -3.39. The smallest absolute Gasteiger partial charge is 0.412 e. The number of benzene rings is 3. The number of carbonyl (C=O) groups is 2. The number of carbonyl (C=O) groups excluding carboxylic acids is 2. The standard InChI is InChI=1S/C25H27NO6S/c1-16(12-13-31-23(28)15-33)24(18-10-11-22(30-2)21(27)14-18)32-25(29)26-20-9-5-7-17-6-3-4-8-19(17)20/h3-11,14,16,24,27,33H,12-13,15H2,1-2H3,(H,26,29)/t16-,24-/m1/s1. The highest BCUT2D eigenvalue weighted by Crippen LogP contribution is 2.35. The van der Waals surface area contributed by atoms with Crippen molar-refractivity contribution in [3.05, 3.63) is 66.2 Å². The molecule has 1 amide bonds. The van der Waals surface area contributed by atoms with Crippen molar-refractivity contribution in [1.82, 2.24) is 0 Å². The number of hydrogen-bond donors (Lipinski definition) is 3. The van der Waals surface area contributed by atoms with Crippen LogP contribution in [-0.4, -0.2) is 36.6 Å². The Morgan fingerprint density at radius 2 is 1.85 bits per heavy atom. The average Bonchev–Trinajstić information content (AvgIpc) is 2.82. The lowest BCUT2D eigenvalue weighted by molar-refractivity contribution is -0.141. The number of aromatic hydroxyl groups is 1. The summed E-state index contributed by atoms with van der Waals surface area (Å²) in [5.74, 6) is -0.393. The normalized spacial score (nSPS) is 12.6. The summed E-state index contributed by atoms with van der Waals surface area (Å²) in [6.07, 6.45) is -0.893. The van der Waals surface area contributed by atoms with Crippen LogP contribution in [0.3, 0.4) is 0 Å². The summed E-state index contributed by atoms with van der Waals surface area (Å²) in [4.78, 5) is 24.3. The fraction of sp³-hybridized carbons (Fsp3) is 0.280. The lowest BCUT2D eigenvalue weighted by Gasteiger charge is -2.25. The van der Waals surface area contributed by atoms with Crippen molar-refractivity contribution >= 4 is 41.2 Å². The minimum absolute atomic E-state index is 0.00585. The quantitative estimate of drug-likeness (QED) is 0.289. The van der Waals surface area contributed by atoms with Crippen molar-refractivity contribution in [3.8, 4) is 11.5 Å². The first-order valence-corrected chi connectivity index (χ1v) is 11.1. The molecule has 2 N–H and O–H groups in total. The van der Waals surface area contributed by atoms with E-state index in [0.29, 0.717) is 23.4 Å². The molecule has 0 heterocycles. The predicted octanol–water partition coefficient (Wildman–Crippen LogP) is 5.34. The van der Waals surface area contributed by atoms with Crippen LogP contribution in [0.25, 0.3) is 10.8 Å². The van der Waals surface area contributed by atoms with Gasteiger partial charge in [-0.2, -0.15) is 12.6 Å². The van der Waals surface area contributed by atoms with Crippen molar-refractivity contribution < 1.29 is 28.9 Å². The molecule has 0 aliphatic carbocycles. The number of hydrogen-bond acceptors (Lipinski definition) is 7. The Morgan fingerprint density at radius 1 is 1.09 bits per heavy atom. The van der Waals surface area contributed by atoms with Gasteiger partial charge in [0.1, 0.15) is 6.10 Å². The van der Waals surface area contributed by atoms with Gasteiger partial charge < -0.3 is 19.3 Å². The Balaban J connectivity index is 1.79. The number of nitrogens with one attached hydrogen (secondary N) is 1. The minimum Gasteiger partial charge on any atom is -0.504 e. The van der Waals surface area contributed by atoms with Gasteiger partial charge in [0.2, 0.25) is 0 Å². The molecule has 174 valence electrons. The summed E-state index contributed by atoms with van der Waals surface area (Å²) in [5.41, 5.74) is 1.22. The van der Waals surface area contributed by atoms with E-state index in [1.165, 1.54) is 13.2 Å². The molecule has 0 saturated heterocycles. The van der Waals surface area contributed by atoms with Crippen LogP contribution in [-0.2, 0) is 14.3 Å². The molecule has 0 aromatic heterocycles. The lowest BCUT2D eigenvalue weighted by Crippen LogP contribution is -2.23. The number of rotatable bonds is 9. The Morgan fingerprint density at radius 3 is 2.58 bits per heavy atom. The number of phenols is 1. The summed E-state index contributed by atoms with van der Waals surface area (Å²) in [5, 5.41) is 14.9. The molecule has 0 bridgehead atoms. The highest BCUT2D eigenvalue weighted by atomic mass is 32.1. The Labute approximate surface area is 198 Å². The maximum Gasteiger partial charge on any atom is 0.412 e. The molecule has 0 spiro atoms. The number of fused-ring (bicyclic) bond motifs is 1. The van der Waals surface area contributed by atoms with E-state index in [9.17, 15) is 14.7 Å². The second kappa shape index (κ2) is 11.5. The SMILES string of the molecule is COc1ccc([C@H](OC(=O)Nc2cccc3ccccc23)[C@H](C)CCOC(=O)CS)cc1O. The molecule has 0 aliphatic rings. The van der Waals surface area contributed by atoms with E-state index in [0.717, 1.165) is 10.8 Å². The van der Waals surface area contributed by atoms with E-state index in [4.69, 9.17) is 14.2 Å². The first kappa shape index (κ1) is 24.3. The number of esters is 1.